The van der Waals surface area contributed by atoms with Gasteiger partial charge >= 0.3 is 5.97 Å². The van der Waals surface area contributed by atoms with Crippen LogP contribution in [0, 0.1) is 6.92 Å². The van der Waals surface area contributed by atoms with Crippen LogP contribution in [0.15, 0.2) is 11.0 Å². The maximum absolute atomic E-state index is 12.2. The third-order valence-corrected chi connectivity index (χ3v) is 5.55. The molecule has 0 amide bonds. The molecule has 6 nitrogen and oxygen atoms in total. The van der Waals surface area contributed by atoms with Crippen molar-refractivity contribution < 1.29 is 23.4 Å². The third kappa shape index (κ3) is 3.08. The zero-order chi connectivity index (χ0) is 13.9. The predicted octanol–water partition coefficient (Wildman–Crippen LogP) is 0.758. The number of hydrogen-bond donors (Lipinski definition) is 2. The van der Waals surface area contributed by atoms with E-state index >= 15 is 0 Å². The van der Waals surface area contributed by atoms with Crippen LogP contribution in [0.4, 0.5) is 0 Å². The highest BCUT2D eigenvalue weighted by molar-refractivity contribution is 7.89. The van der Waals surface area contributed by atoms with Crippen LogP contribution >= 0.6 is 11.3 Å². The molecule has 0 aliphatic rings. The molecule has 0 aliphatic carbocycles. The Morgan fingerprint density at radius 2 is 2.11 bits per heavy atom. The van der Waals surface area contributed by atoms with Gasteiger partial charge < -0.3 is 10.2 Å². The molecule has 0 aromatic carbocycles. The second-order valence-corrected chi connectivity index (χ2v) is 7.01. The molecule has 0 fully saturated rings. The first-order chi connectivity index (χ1) is 8.30. The third-order valence-electron chi connectivity index (χ3n) is 2.40. The zero-order valence-corrected chi connectivity index (χ0v) is 11.7. The number of carboxylic acids is 1. The highest BCUT2D eigenvalue weighted by Crippen LogP contribution is 2.27. The van der Waals surface area contributed by atoms with Gasteiger partial charge in [-0.05, 0) is 19.4 Å². The Morgan fingerprint density at radius 3 is 2.56 bits per heavy atom. The SMILES string of the molecule is Cc1sc(C(=O)O)cc1S(=O)(=O)N(C)CCCO. The Balaban J connectivity index is 3.08. The molecule has 0 unspecified atom stereocenters. The molecule has 18 heavy (non-hydrogen) atoms. The fourth-order valence-electron chi connectivity index (χ4n) is 1.41. The summed E-state index contributed by atoms with van der Waals surface area (Å²) in [6.45, 7) is 1.67. The van der Waals surface area contributed by atoms with Crippen molar-refractivity contribution in [1.82, 2.24) is 4.31 Å². The summed E-state index contributed by atoms with van der Waals surface area (Å²) in [5.74, 6) is -1.14. The molecule has 8 heteroatoms. The van der Waals surface area contributed by atoms with E-state index in [1.807, 2.05) is 0 Å². The molecule has 1 rings (SSSR count). The molecule has 1 aromatic rings. The van der Waals surface area contributed by atoms with Gasteiger partial charge in [-0.1, -0.05) is 0 Å². The van der Waals surface area contributed by atoms with Gasteiger partial charge in [0.25, 0.3) is 0 Å². The quantitative estimate of drug-likeness (QED) is 0.807. The van der Waals surface area contributed by atoms with Crippen molar-refractivity contribution in [1.29, 1.82) is 0 Å². The minimum Gasteiger partial charge on any atom is -0.477 e. The number of carbonyl (C=O) groups is 1. The average molecular weight is 293 g/mol. The molecule has 0 atom stereocenters. The number of aryl methyl sites for hydroxylation is 1. The van der Waals surface area contributed by atoms with Gasteiger partial charge in [0, 0.05) is 25.1 Å². The number of nitrogens with zero attached hydrogens (tertiary/aromatic N) is 1. The number of thiophene rings is 1. The fourth-order valence-corrected chi connectivity index (χ4v) is 4.01. The van der Waals surface area contributed by atoms with E-state index in [1.54, 1.807) is 6.92 Å². The second-order valence-electron chi connectivity index (χ2n) is 3.74. The number of sulfonamides is 1. The van der Waals surface area contributed by atoms with E-state index in [1.165, 1.54) is 13.1 Å². The number of aliphatic hydroxyl groups is 1. The molecule has 0 aliphatic heterocycles. The summed E-state index contributed by atoms with van der Waals surface area (Å²) in [6.07, 6.45) is 0.338. The lowest BCUT2D eigenvalue weighted by Gasteiger charge is -2.16. The highest BCUT2D eigenvalue weighted by Gasteiger charge is 2.25. The van der Waals surface area contributed by atoms with Crippen LogP contribution in [0.2, 0.25) is 0 Å². The van der Waals surface area contributed by atoms with E-state index < -0.39 is 16.0 Å². The molecule has 0 spiro atoms. The summed E-state index contributed by atoms with van der Waals surface area (Å²) in [6, 6.07) is 1.17. The van der Waals surface area contributed by atoms with Gasteiger partial charge in [-0.2, -0.15) is 0 Å². The van der Waals surface area contributed by atoms with Crippen molar-refractivity contribution in [3.8, 4) is 0 Å². The fraction of sp³-hybridized carbons (Fsp3) is 0.500. The number of hydrogen-bond acceptors (Lipinski definition) is 5. The van der Waals surface area contributed by atoms with Gasteiger partial charge in [0.15, 0.2) is 0 Å². The molecule has 2 N–H and O–H groups in total. The minimum absolute atomic E-state index is 0.00151. The van der Waals surface area contributed by atoms with Crippen molar-refractivity contribution in [2.75, 3.05) is 20.2 Å². The predicted molar refractivity (Wildman–Crippen MR) is 67.5 cm³/mol. The van der Waals surface area contributed by atoms with Crippen LogP contribution in [-0.4, -0.2) is 49.1 Å². The monoisotopic (exact) mass is 293 g/mol. The van der Waals surface area contributed by atoms with E-state index in [9.17, 15) is 13.2 Å². The van der Waals surface area contributed by atoms with Crippen molar-refractivity contribution in [3.63, 3.8) is 0 Å². The Labute approximate surface area is 110 Å². The Morgan fingerprint density at radius 1 is 1.50 bits per heavy atom. The zero-order valence-electron chi connectivity index (χ0n) is 10.1. The van der Waals surface area contributed by atoms with Crippen molar-refractivity contribution in [2.24, 2.45) is 0 Å². The van der Waals surface area contributed by atoms with E-state index in [2.05, 4.69) is 0 Å². The van der Waals surface area contributed by atoms with Gasteiger partial charge in [-0.3, -0.25) is 0 Å². The summed E-state index contributed by atoms with van der Waals surface area (Å²) < 4.78 is 25.4. The van der Waals surface area contributed by atoms with E-state index in [0.29, 0.717) is 11.3 Å². The maximum Gasteiger partial charge on any atom is 0.345 e. The molecule has 0 saturated carbocycles. The largest absolute Gasteiger partial charge is 0.477 e. The minimum atomic E-state index is -3.69. The Bertz CT molecular complexity index is 534. The first-order valence-electron chi connectivity index (χ1n) is 5.21. The molecule has 0 bridgehead atoms. The summed E-state index contributed by atoms with van der Waals surface area (Å²) >= 11 is 0.936. The average Bonchev–Trinajstić information content (AvgIpc) is 2.68. The van der Waals surface area contributed by atoms with Gasteiger partial charge in [0.05, 0.1) is 4.90 Å². The Kier molecular flexibility index (Phi) is 4.85. The van der Waals surface area contributed by atoms with E-state index in [-0.39, 0.29) is 22.9 Å². The summed E-state index contributed by atoms with van der Waals surface area (Å²) in [7, 11) is -2.28. The molecule has 1 heterocycles. The number of aromatic carboxylic acids is 1. The van der Waals surface area contributed by atoms with E-state index in [0.717, 1.165) is 15.6 Å². The van der Waals surface area contributed by atoms with Gasteiger partial charge in [0.2, 0.25) is 10.0 Å². The molecule has 0 radical (unpaired) electrons. The first kappa shape index (κ1) is 15.1. The summed E-state index contributed by atoms with van der Waals surface area (Å²) in [4.78, 5) is 11.3. The molecular formula is C10H15NO5S2. The molecular weight excluding hydrogens is 278 g/mol. The normalized spacial score (nSPS) is 12.0. The van der Waals surface area contributed by atoms with E-state index in [4.69, 9.17) is 10.2 Å². The second kappa shape index (κ2) is 5.79. The van der Waals surface area contributed by atoms with Crippen LogP contribution in [0.25, 0.3) is 0 Å². The smallest absolute Gasteiger partial charge is 0.345 e. The van der Waals surface area contributed by atoms with Crippen LogP contribution in [0.5, 0.6) is 0 Å². The van der Waals surface area contributed by atoms with Crippen LogP contribution < -0.4 is 0 Å². The summed E-state index contributed by atoms with van der Waals surface area (Å²) in [5, 5.41) is 17.5. The topological polar surface area (TPSA) is 94.9 Å². The molecule has 102 valence electrons. The van der Waals surface area contributed by atoms with Gasteiger partial charge in [0.1, 0.15) is 4.88 Å². The first-order valence-corrected chi connectivity index (χ1v) is 7.47. The lowest BCUT2D eigenvalue weighted by atomic mass is 10.4. The molecule has 0 saturated heterocycles. The van der Waals surface area contributed by atoms with Gasteiger partial charge in [-0.25, -0.2) is 17.5 Å². The highest BCUT2D eigenvalue weighted by atomic mass is 32.2. The number of aliphatic hydroxyl groups excluding tert-OH is 1. The summed E-state index contributed by atoms with van der Waals surface area (Å²) in [5.41, 5.74) is 0. The lowest BCUT2D eigenvalue weighted by Crippen LogP contribution is -2.28. The standard InChI is InChI=1S/C10H15NO5S2/c1-7-9(6-8(17-7)10(13)14)18(15,16)11(2)4-3-5-12/h6,12H,3-5H2,1-2H3,(H,13,14). The number of carboxylic acid groups (broad SMARTS) is 1. The van der Waals surface area contributed by atoms with Crippen molar-refractivity contribution in [2.45, 2.75) is 18.2 Å². The Hall–Kier alpha value is -0.960. The van der Waals surface area contributed by atoms with Gasteiger partial charge in [-0.15, -0.1) is 11.3 Å². The van der Waals surface area contributed by atoms with Crippen molar-refractivity contribution >= 4 is 27.3 Å². The lowest BCUT2D eigenvalue weighted by molar-refractivity contribution is 0.0702. The van der Waals surface area contributed by atoms with Crippen LogP contribution in [0.1, 0.15) is 21.0 Å². The maximum atomic E-state index is 12.2. The van der Waals surface area contributed by atoms with Crippen LogP contribution in [-0.2, 0) is 10.0 Å². The number of rotatable bonds is 6. The van der Waals surface area contributed by atoms with Crippen LogP contribution in [0.3, 0.4) is 0 Å². The molecule has 1 aromatic heterocycles. The van der Waals surface area contributed by atoms with Crippen molar-refractivity contribution in [3.05, 3.63) is 15.8 Å².